The van der Waals surface area contributed by atoms with Gasteiger partial charge in [0.15, 0.2) is 8.03 Å². The first-order valence-corrected chi connectivity index (χ1v) is 4.69. The Hall–Kier alpha value is -0.140. The largest absolute Gasteiger partial charge is 0.334 e. The summed E-state index contributed by atoms with van der Waals surface area (Å²) < 4.78 is 15.2. The molecule has 0 rings (SSSR count). The van der Waals surface area contributed by atoms with Crippen LogP contribution in [0.2, 0.25) is 0 Å². The maximum absolute atomic E-state index is 10.9. The lowest BCUT2D eigenvalue weighted by Gasteiger charge is -2.01. The minimum absolute atomic E-state index is 0.00531. The summed E-state index contributed by atoms with van der Waals surface area (Å²) in [5.74, 6) is -0.0326. The molecule has 60 valence electrons. The Bertz CT molecular complexity index is 142. The summed E-state index contributed by atoms with van der Waals surface area (Å²) in [4.78, 5) is 10.9. The van der Waals surface area contributed by atoms with Crippen LogP contribution in [0.5, 0.6) is 0 Å². The third-order valence-electron chi connectivity index (χ3n) is 1.19. The van der Waals surface area contributed by atoms with Crippen LogP contribution in [0.1, 0.15) is 13.8 Å². The first-order chi connectivity index (χ1) is 4.57. The van der Waals surface area contributed by atoms with E-state index in [1.165, 1.54) is 7.11 Å². The van der Waals surface area contributed by atoms with E-state index in [0.717, 1.165) is 0 Å². The van der Waals surface area contributed by atoms with Crippen molar-refractivity contribution in [2.24, 2.45) is 5.92 Å². The van der Waals surface area contributed by atoms with E-state index in [0.29, 0.717) is 0 Å². The molecule has 1 unspecified atom stereocenters. The molecule has 0 bridgehead atoms. The molecule has 0 aliphatic heterocycles. The molecule has 1 atom stereocenters. The van der Waals surface area contributed by atoms with Crippen molar-refractivity contribution in [3.8, 4) is 0 Å². The Balaban J connectivity index is 3.69. The van der Waals surface area contributed by atoms with Gasteiger partial charge in [-0.15, -0.1) is 0 Å². The quantitative estimate of drug-likeness (QED) is 0.589. The van der Waals surface area contributed by atoms with Crippen molar-refractivity contribution in [1.29, 1.82) is 0 Å². The summed E-state index contributed by atoms with van der Waals surface area (Å²) in [6.07, 6.45) is 0.0822. The van der Waals surface area contributed by atoms with Gasteiger partial charge < -0.3 is 4.52 Å². The number of carbonyl (C=O) groups is 1. The molecule has 0 amide bonds. The van der Waals surface area contributed by atoms with Crippen LogP contribution < -0.4 is 0 Å². The number of hydrogen-bond donors (Lipinski definition) is 0. The van der Waals surface area contributed by atoms with Crippen LogP contribution in [0.4, 0.5) is 0 Å². The van der Waals surface area contributed by atoms with Crippen LogP contribution in [-0.4, -0.2) is 19.1 Å². The van der Waals surface area contributed by atoms with Gasteiger partial charge in [-0.2, -0.15) is 0 Å². The van der Waals surface area contributed by atoms with E-state index in [1.54, 1.807) is 13.8 Å². The summed E-state index contributed by atoms with van der Waals surface area (Å²) in [6, 6.07) is 0. The fraction of sp³-hybridized carbons (Fsp3) is 0.833. The Morgan fingerprint density at radius 3 is 2.40 bits per heavy atom. The van der Waals surface area contributed by atoms with Crippen molar-refractivity contribution in [2.45, 2.75) is 13.8 Å². The second kappa shape index (κ2) is 4.64. The van der Waals surface area contributed by atoms with Crippen LogP contribution in [0, 0.1) is 5.92 Å². The standard InChI is InChI=1S/C6H13O3P/c1-5(2)6(7)4-10(8)9-3/h5,10H,4H2,1-3H3. The Morgan fingerprint density at radius 2 is 2.10 bits per heavy atom. The summed E-state index contributed by atoms with van der Waals surface area (Å²) in [5.41, 5.74) is 0. The average molecular weight is 164 g/mol. The van der Waals surface area contributed by atoms with Crippen molar-refractivity contribution in [2.75, 3.05) is 13.3 Å². The number of rotatable bonds is 4. The minimum Gasteiger partial charge on any atom is -0.334 e. The minimum atomic E-state index is -2.07. The summed E-state index contributed by atoms with van der Waals surface area (Å²) in [7, 11) is -0.716. The normalized spacial score (nSPS) is 13.6. The van der Waals surface area contributed by atoms with Crippen molar-refractivity contribution in [1.82, 2.24) is 0 Å². The number of Topliss-reactive ketones (excluding diaryl/α,β-unsaturated/α-hetero) is 1. The van der Waals surface area contributed by atoms with Gasteiger partial charge in [0.1, 0.15) is 5.78 Å². The SMILES string of the molecule is CO[PH](=O)CC(=O)C(C)C. The highest BCUT2D eigenvalue weighted by Gasteiger charge is 2.10. The second-order valence-corrected chi connectivity index (χ2v) is 3.88. The fourth-order valence-corrected chi connectivity index (χ4v) is 1.26. The van der Waals surface area contributed by atoms with Gasteiger partial charge in [-0.1, -0.05) is 13.8 Å². The van der Waals surface area contributed by atoms with Gasteiger partial charge in [-0.05, 0) is 0 Å². The van der Waals surface area contributed by atoms with E-state index >= 15 is 0 Å². The van der Waals surface area contributed by atoms with E-state index in [9.17, 15) is 9.36 Å². The van der Waals surface area contributed by atoms with E-state index in [1.807, 2.05) is 0 Å². The highest BCUT2D eigenvalue weighted by molar-refractivity contribution is 7.40. The van der Waals surface area contributed by atoms with E-state index in [-0.39, 0.29) is 17.9 Å². The average Bonchev–Trinajstić information content (AvgIpc) is 1.87. The molecule has 0 spiro atoms. The van der Waals surface area contributed by atoms with Gasteiger partial charge in [0.25, 0.3) is 0 Å². The van der Waals surface area contributed by atoms with Crippen LogP contribution in [0.3, 0.4) is 0 Å². The van der Waals surface area contributed by atoms with Gasteiger partial charge in [0, 0.05) is 13.0 Å². The smallest absolute Gasteiger partial charge is 0.198 e. The van der Waals surface area contributed by atoms with E-state index in [2.05, 4.69) is 4.52 Å². The Kier molecular flexibility index (Phi) is 4.58. The molecule has 0 fully saturated rings. The Morgan fingerprint density at radius 1 is 1.60 bits per heavy atom. The molecule has 0 aromatic heterocycles. The first kappa shape index (κ1) is 9.86. The predicted octanol–water partition coefficient (Wildman–Crippen LogP) is 1.33. The molecule has 0 aromatic rings. The molecule has 4 heteroatoms. The molecule has 0 aliphatic rings. The van der Waals surface area contributed by atoms with Crippen LogP contribution >= 0.6 is 8.03 Å². The van der Waals surface area contributed by atoms with Crippen LogP contribution in [0.15, 0.2) is 0 Å². The van der Waals surface area contributed by atoms with Crippen molar-refractivity contribution in [3.05, 3.63) is 0 Å². The van der Waals surface area contributed by atoms with Gasteiger partial charge in [0.2, 0.25) is 0 Å². The third kappa shape index (κ3) is 3.80. The molecular formula is C6H13O3P. The van der Waals surface area contributed by atoms with Gasteiger partial charge in [-0.3, -0.25) is 9.36 Å². The zero-order valence-corrected chi connectivity index (χ0v) is 7.51. The molecule has 10 heavy (non-hydrogen) atoms. The van der Waals surface area contributed by atoms with Crippen LogP contribution in [-0.2, 0) is 13.9 Å². The lowest BCUT2D eigenvalue weighted by Crippen LogP contribution is -2.09. The fourth-order valence-electron chi connectivity index (χ4n) is 0.419. The number of carbonyl (C=O) groups excluding carboxylic acids is 1. The zero-order valence-electron chi connectivity index (χ0n) is 6.51. The summed E-state index contributed by atoms with van der Waals surface area (Å²) >= 11 is 0. The molecule has 0 aliphatic carbocycles. The molecule has 0 saturated heterocycles. The van der Waals surface area contributed by atoms with Gasteiger partial charge >= 0.3 is 0 Å². The molecule has 0 saturated carbocycles. The number of hydrogen-bond acceptors (Lipinski definition) is 3. The van der Waals surface area contributed by atoms with Gasteiger partial charge in [0.05, 0.1) is 6.16 Å². The van der Waals surface area contributed by atoms with Crippen LogP contribution in [0.25, 0.3) is 0 Å². The summed E-state index contributed by atoms with van der Waals surface area (Å²) in [6.45, 7) is 3.57. The lowest BCUT2D eigenvalue weighted by molar-refractivity contribution is -0.119. The zero-order chi connectivity index (χ0) is 8.15. The maximum atomic E-state index is 10.9. The monoisotopic (exact) mass is 164 g/mol. The predicted molar refractivity (Wildman–Crippen MR) is 40.7 cm³/mol. The Labute approximate surface area is 61.6 Å². The number of ketones is 1. The van der Waals surface area contributed by atoms with Gasteiger partial charge in [-0.25, -0.2) is 0 Å². The second-order valence-electron chi connectivity index (χ2n) is 2.37. The highest BCUT2D eigenvalue weighted by Crippen LogP contribution is 2.20. The highest BCUT2D eigenvalue weighted by atomic mass is 31.1. The molecule has 3 nitrogen and oxygen atoms in total. The topological polar surface area (TPSA) is 43.4 Å². The maximum Gasteiger partial charge on any atom is 0.198 e. The molecule has 0 aromatic carbocycles. The van der Waals surface area contributed by atoms with Crippen molar-refractivity contribution < 1.29 is 13.9 Å². The molecule has 0 heterocycles. The molecular weight excluding hydrogens is 151 g/mol. The molecule has 0 radical (unpaired) electrons. The van der Waals surface area contributed by atoms with E-state index in [4.69, 9.17) is 0 Å². The third-order valence-corrected chi connectivity index (χ3v) is 2.28. The molecule has 0 N–H and O–H groups in total. The van der Waals surface area contributed by atoms with E-state index < -0.39 is 8.03 Å². The first-order valence-electron chi connectivity index (χ1n) is 3.17. The summed E-state index contributed by atoms with van der Waals surface area (Å²) in [5, 5.41) is 0. The lowest BCUT2D eigenvalue weighted by atomic mass is 10.1. The van der Waals surface area contributed by atoms with Crippen molar-refractivity contribution in [3.63, 3.8) is 0 Å². The van der Waals surface area contributed by atoms with Crippen molar-refractivity contribution >= 4 is 13.8 Å².